The molecule has 0 radical (unpaired) electrons. The minimum absolute atomic E-state index is 0.263. The van der Waals surface area contributed by atoms with Crippen molar-refractivity contribution in [3.63, 3.8) is 0 Å². The summed E-state index contributed by atoms with van der Waals surface area (Å²) < 4.78 is 20.0. The maximum atomic E-state index is 10.8. The SMILES string of the molecule is COC(=O)CSC[Si](OC)(OC)OC. The van der Waals surface area contributed by atoms with E-state index >= 15 is 0 Å². The maximum absolute atomic E-state index is 10.8. The van der Waals surface area contributed by atoms with E-state index in [0.717, 1.165) is 0 Å². The smallest absolute Gasteiger partial charge is 0.468 e. The molecule has 0 aliphatic rings. The molecule has 14 heavy (non-hydrogen) atoms. The molecule has 0 bridgehead atoms. The molecular weight excluding hydrogens is 224 g/mol. The molecule has 0 aromatic rings. The van der Waals surface area contributed by atoms with Crippen molar-refractivity contribution in [3.8, 4) is 0 Å². The fourth-order valence-corrected chi connectivity index (χ4v) is 4.35. The van der Waals surface area contributed by atoms with Gasteiger partial charge in [0, 0.05) is 21.3 Å². The van der Waals surface area contributed by atoms with Crippen LogP contribution in [0.4, 0.5) is 0 Å². The largest absolute Gasteiger partial charge is 0.510 e. The second-order valence-corrected chi connectivity index (χ2v) is 6.81. The number of carbonyl (C=O) groups excluding carboxylic acids is 1. The van der Waals surface area contributed by atoms with Gasteiger partial charge in [0.15, 0.2) is 0 Å². The van der Waals surface area contributed by atoms with E-state index in [1.165, 1.54) is 40.2 Å². The summed E-state index contributed by atoms with van der Waals surface area (Å²) in [4.78, 5) is 10.8. The van der Waals surface area contributed by atoms with E-state index in [4.69, 9.17) is 13.3 Å². The van der Waals surface area contributed by atoms with Crippen molar-refractivity contribution in [1.82, 2.24) is 0 Å². The van der Waals surface area contributed by atoms with E-state index < -0.39 is 8.80 Å². The molecular formula is C7H16O5SSi. The molecule has 0 unspecified atom stereocenters. The lowest BCUT2D eigenvalue weighted by atomic mass is 10.8. The lowest BCUT2D eigenvalue weighted by Gasteiger charge is -2.23. The zero-order valence-electron chi connectivity index (χ0n) is 8.86. The number of carbonyl (C=O) groups is 1. The lowest BCUT2D eigenvalue weighted by Crippen LogP contribution is -2.46. The summed E-state index contributed by atoms with van der Waals surface area (Å²) in [5.41, 5.74) is 0. The predicted molar refractivity (Wildman–Crippen MR) is 56.1 cm³/mol. The predicted octanol–water partition coefficient (Wildman–Crippen LogP) is 0.310. The summed E-state index contributed by atoms with van der Waals surface area (Å²) in [6.45, 7) is 0. The first kappa shape index (κ1) is 13.9. The van der Waals surface area contributed by atoms with Gasteiger partial charge in [-0.2, -0.15) is 0 Å². The topological polar surface area (TPSA) is 54.0 Å². The normalized spacial score (nSPS) is 11.4. The number of rotatable bonds is 7. The highest BCUT2D eigenvalue weighted by atomic mass is 32.2. The summed E-state index contributed by atoms with van der Waals surface area (Å²) >= 11 is 1.38. The molecule has 84 valence electrons. The molecule has 0 aromatic heterocycles. The van der Waals surface area contributed by atoms with Gasteiger partial charge in [-0.1, -0.05) is 0 Å². The number of hydrogen-bond donors (Lipinski definition) is 0. The van der Waals surface area contributed by atoms with E-state index in [0.29, 0.717) is 5.38 Å². The number of methoxy groups -OCH3 is 1. The van der Waals surface area contributed by atoms with Crippen molar-refractivity contribution in [2.24, 2.45) is 0 Å². The Balaban J connectivity index is 3.88. The zero-order chi connectivity index (χ0) is 11.0. The highest BCUT2D eigenvalue weighted by Crippen LogP contribution is 2.14. The van der Waals surface area contributed by atoms with Crippen LogP contribution < -0.4 is 0 Å². The van der Waals surface area contributed by atoms with Crippen LogP contribution in [-0.2, 0) is 22.8 Å². The van der Waals surface area contributed by atoms with Crippen LogP contribution in [0.15, 0.2) is 0 Å². The Morgan fingerprint density at radius 1 is 1.14 bits per heavy atom. The number of hydrogen-bond acceptors (Lipinski definition) is 6. The average molecular weight is 240 g/mol. The highest BCUT2D eigenvalue weighted by Gasteiger charge is 2.37. The van der Waals surface area contributed by atoms with Crippen molar-refractivity contribution < 1.29 is 22.8 Å². The van der Waals surface area contributed by atoms with Gasteiger partial charge in [-0.05, 0) is 0 Å². The fourth-order valence-electron chi connectivity index (χ4n) is 0.745. The Morgan fingerprint density at radius 2 is 1.64 bits per heavy atom. The van der Waals surface area contributed by atoms with Gasteiger partial charge in [0.2, 0.25) is 0 Å². The number of ether oxygens (including phenoxy) is 1. The summed E-state index contributed by atoms with van der Waals surface area (Å²) in [6, 6.07) is 0. The van der Waals surface area contributed by atoms with Crippen LogP contribution >= 0.6 is 11.8 Å². The third-order valence-electron chi connectivity index (χ3n) is 1.66. The molecule has 5 nitrogen and oxygen atoms in total. The zero-order valence-corrected chi connectivity index (χ0v) is 10.7. The van der Waals surface area contributed by atoms with Gasteiger partial charge in [-0.3, -0.25) is 4.79 Å². The van der Waals surface area contributed by atoms with Crippen LogP contribution in [0.1, 0.15) is 0 Å². The third kappa shape index (κ3) is 4.42. The number of esters is 1. The quantitative estimate of drug-likeness (QED) is 0.471. The van der Waals surface area contributed by atoms with Crippen LogP contribution in [0.2, 0.25) is 0 Å². The molecule has 0 N–H and O–H groups in total. The van der Waals surface area contributed by atoms with Crippen LogP contribution in [-0.4, -0.2) is 54.3 Å². The van der Waals surface area contributed by atoms with Crippen molar-refractivity contribution in [1.29, 1.82) is 0 Å². The van der Waals surface area contributed by atoms with Gasteiger partial charge in [0.25, 0.3) is 0 Å². The molecule has 0 aliphatic heterocycles. The third-order valence-corrected chi connectivity index (χ3v) is 6.20. The Morgan fingerprint density at radius 3 is 2.00 bits per heavy atom. The first-order chi connectivity index (χ1) is 6.64. The number of thioether (sulfide) groups is 1. The van der Waals surface area contributed by atoms with Crippen molar-refractivity contribution in [3.05, 3.63) is 0 Å². The molecule has 0 aliphatic carbocycles. The molecule has 0 rings (SSSR count). The summed E-state index contributed by atoms with van der Waals surface area (Å²) in [5.74, 6) is 0.0163. The molecule has 0 fully saturated rings. The van der Waals surface area contributed by atoms with Crippen molar-refractivity contribution in [2.45, 2.75) is 0 Å². The monoisotopic (exact) mass is 240 g/mol. The van der Waals surface area contributed by atoms with E-state index in [1.54, 1.807) is 0 Å². The molecule has 0 saturated carbocycles. The van der Waals surface area contributed by atoms with E-state index in [-0.39, 0.29) is 11.7 Å². The maximum Gasteiger partial charge on any atom is 0.510 e. The standard InChI is InChI=1S/C7H16O5SSi/c1-9-7(8)5-13-6-14(10-2,11-3)12-4/h5-6H2,1-4H3. The first-order valence-electron chi connectivity index (χ1n) is 3.94. The van der Waals surface area contributed by atoms with Crippen molar-refractivity contribution in [2.75, 3.05) is 39.6 Å². The Hall–Kier alpha value is -0.0831. The second-order valence-electron chi connectivity index (χ2n) is 2.36. The molecule has 0 amide bonds. The Kier molecular flexibility index (Phi) is 7.20. The molecule has 0 aromatic carbocycles. The van der Waals surface area contributed by atoms with E-state index in [1.807, 2.05) is 0 Å². The van der Waals surface area contributed by atoms with Crippen LogP contribution in [0.25, 0.3) is 0 Å². The average Bonchev–Trinajstić information content (AvgIpc) is 2.25. The van der Waals surface area contributed by atoms with Gasteiger partial charge < -0.3 is 18.0 Å². The summed E-state index contributed by atoms with van der Waals surface area (Å²) in [6.07, 6.45) is 0. The van der Waals surface area contributed by atoms with Crippen molar-refractivity contribution >= 4 is 26.5 Å². The molecule has 0 saturated heterocycles. The second kappa shape index (κ2) is 7.24. The highest BCUT2D eigenvalue weighted by molar-refractivity contribution is 8.01. The Bertz CT molecular complexity index is 165. The fraction of sp³-hybridized carbons (Fsp3) is 0.857. The van der Waals surface area contributed by atoms with Crippen LogP contribution in [0.5, 0.6) is 0 Å². The van der Waals surface area contributed by atoms with Gasteiger partial charge in [-0.15, -0.1) is 11.8 Å². The van der Waals surface area contributed by atoms with Crippen LogP contribution in [0.3, 0.4) is 0 Å². The van der Waals surface area contributed by atoms with Gasteiger partial charge in [0.1, 0.15) is 0 Å². The minimum atomic E-state index is -2.54. The minimum Gasteiger partial charge on any atom is -0.468 e. The summed E-state index contributed by atoms with van der Waals surface area (Å²) in [5, 5.41) is 0.533. The van der Waals surface area contributed by atoms with Crippen LogP contribution in [0, 0.1) is 0 Å². The van der Waals surface area contributed by atoms with E-state index in [2.05, 4.69) is 4.74 Å². The summed E-state index contributed by atoms with van der Waals surface area (Å²) in [7, 11) is 3.43. The van der Waals surface area contributed by atoms with E-state index in [9.17, 15) is 4.79 Å². The van der Waals surface area contributed by atoms with Gasteiger partial charge in [0.05, 0.1) is 18.2 Å². The molecule has 0 atom stereocenters. The molecule has 0 spiro atoms. The lowest BCUT2D eigenvalue weighted by molar-refractivity contribution is -0.137. The molecule has 7 heteroatoms. The Labute approximate surface area is 89.4 Å². The van der Waals surface area contributed by atoms with Gasteiger partial charge in [-0.25, -0.2) is 0 Å². The first-order valence-corrected chi connectivity index (χ1v) is 7.02. The molecule has 0 heterocycles. The van der Waals surface area contributed by atoms with Gasteiger partial charge >= 0.3 is 14.8 Å².